The minimum absolute atomic E-state index is 0. The molecule has 146 valence electrons. The predicted molar refractivity (Wildman–Crippen MR) is 120 cm³/mol. The van der Waals surface area contributed by atoms with E-state index in [1.54, 1.807) is 7.05 Å². The van der Waals surface area contributed by atoms with Gasteiger partial charge in [0.15, 0.2) is 5.96 Å². The van der Waals surface area contributed by atoms with Crippen molar-refractivity contribution in [2.75, 3.05) is 58.3 Å². The molecule has 1 aromatic carbocycles. The van der Waals surface area contributed by atoms with Crippen LogP contribution in [0.2, 0.25) is 0 Å². The number of nitrogens with zero attached hydrogens (tertiary/aromatic N) is 3. The van der Waals surface area contributed by atoms with Crippen molar-refractivity contribution in [1.29, 1.82) is 0 Å². The standard InChI is InChI=1S/C18H28N4O2S.HI/c1-19-18(20-10-16-25(2,23)24)22-14-12-21(13-15-22)11-6-9-17-7-4-3-5-8-17;/h3-9H,10-16H2,1-2H3,(H,19,20);1H. The molecule has 1 heterocycles. The van der Waals surface area contributed by atoms with Crippen LogP contribution < -0.4 is 5.32 Å². The molecule has 0 radical (unpaired) electrons. The molecule has 1 saturated heterocycles. The molecule has 0 atom stereocenters. The van der Waals surface area contributed by atoms with Crippen LogP contribution in [0.15, 0.2) is 41.4 Å². The maximum Gasteiger partial charge on any atom is 0.193 e. The van der Waals surface area contributed by atoms with Gasteiger partial charge in [0, 0.05) is 52.6 Å². The van der Waals surface area contributed by atoms with Gasteiger partial charge in [-0.05, 0) is 5.56 Å². The second-order valence-corrected chi connectivity index (χ2v) is 8.46. The minimum Gasteiger partial charge on any atom is -0.355 e. The lowest BCUT2D eigenvalue weighted by Crippen LogP contribution is -2.52. The highest BCUT2D eigenvalue weighted by Gasteiger charge is 2.18. The van der Waals surface area contributed by atoms with E-state index in [4.69, 9.17) is 0 Å². The van der Waals surface area contributed by atoms with Gasteiger partial charge in [-0.2, -0.15) is 0 Å². The number of hydrogen-bond acceptors (Lipinski definition) is 4. The lowest BCUT2D eigenvalue weighted by atomic mass is 10.2. The van der Waals surface area contributed by atoms with Crippen molar-refractivity contribution in [3.05, 3.63) is 42.0 Å². The topological polar surface area (TPSA) is 65.0 Å². The van der Waals surface area contributed by atoms with Crippen LogP contribution in [0, 0.1) is 0 Å². The van der Waals surface area contributed by atoms with E-state index in [-0.39, 0.29) is 29.7 Å². The Morgan fingerprint density at radius 3 is 2.42 bits per heavy atom. The molecule has 26 heavy (non-hydrogen) atoms. The predicted octanol–water partition coefficient (Wildman–Crippen LogP) is 1.56. The van der Waals surface area contributed by atoms with Gasteiger partial charge in [-0.3, -0.25) is 9.89 Å². The number of nitrogens with one attached hydrogen (secondary N) is 1. The molecule has 0 saturated carbocycles. The first kappa shape index (κ1) is 22.9. The van der Waals surface area contributed by atoms with E-state index in [9.17, 15) is 8.42 Å². The van der Waals surface area contributed by atoms with Crippen molar-refractivity contribution in [3.8, 4) is 0 Å². The van der Waals surface area contributed by atoms with E-state index in [2.05, 4.69) is 44.4 Å². The number of sulfone groups is 1. The lowest BCUT2D eigenvalue weighted by Gasteiger charge is -2.36. The third-order valence-corrected chi connectivity index (χ3v) is 5.06. The molecule has 0 unspecified atom stereocenters. The molecule has 1 aliphatic heterocycles. The molecule has 1 N–H and O–H groups in total. The fourth-order valence-corrected chi connectivity index (χ4v) is 3.20. The molecule has 6 nitrogen and oxygen atoms in total. The Morgan fingerprint density at radius 1 is 1.19 bits per heavy atom. The summed E-state index contributed by atoms with van der Waals surface area (Å²) in [5.74, 6) is 0.902. The van der Waals surface area contributed by atoms with Crippen LogP contribution >= 0.6 is 24.0 Å². The summed E-state index contributed by atoms with van der Waals surface area (Å²) in [6, 6.07) is 10.3. The Kier molecular flexibility index (Phi) is 10.2. The van der Waals surface area contributed by atoms with Gasteiger partial charge in [0.2, 0.25) is 0 Å². The average molecular weight is 492 g/mol. The van der Waals surface area contributed by atoms with Crippen LogP contribution in [0.25, 0.3) is 6.08 Å². The van der Waals surface area contributed by atoms with Crippen LogP contribution in [0.1, 0.15) is 5.56 Å². The molecule has 1 aromatic rings. The summed E-state index contributed by atoms with van der Waals surface area (Å²) in [5.41, 5.74) is 1.22. The van der Waals surface area contributed by atoms with E-state index in [0.717, 1.165) is 38.7 Å². The average Bonchev–Trinajstić information content (AvgIpc) is 2.60. The summed E-state index contributed by atoms with van der Waals surface area (Å²) in [5, 5.41) is 3.14. The van der Waals surface area contributed by atoms with Crippen molar-refractivity contribution >= 4 is 45.8 Å². The van der Waals surface area contributed by atoms with Crippen molar-refractivity contribution in [1.82, 2.24) is 15.1 Å². The van der Waals surface area contributed by atoms with Crippen molar-refractivity contribution in [3.63, 3.8) is 0 Å². The van der Waals surface area contributed by atoms with Crippen molar-refractivity contribution < 1.29 is 8.42 Å². The number of guanidine groups is 1. The first-order valence-electron chi connectivity index (χ1n) is 8.55. The number of hydrogen-bond donors (Lipinski definition) is 1. The van der Waals surface area contributed by atoms with Gasteiger partial charge in [-0.25, -0.2) is 8.42 Å². The number of benzene rings is 1. The summed E-state index contributed by atoms with van der Waals surface area (Å²) >= 11 is 0. The number of rotatable bonds is 6. The zero-order valence-electron chi connectivity index (χ0n) is 15.5. The monoisotopic (exact) mass is 492 g/mol. The Morgan fingerprint density at radius 2 is 1.85 bits per heavy atom. The Labute approximate surface area is 174 Å². The summed E-state index contributed by atoms with van der Waals surface area (Å²) < 4.78 is 22.4. The third-order valence-electron chi connectivity index (χ3n) is 4.11. The molecule has 2 rings (SSSR count). The van der Waals surface area contributed by atoms with E-state index in [1.807, 2.05) is 18.2 Å². The Bertz CT molecular complexity index is 684. The first-order valence-corrected chi connectivity index (χ1v) is 10.6. The van der Waals surface area contributed by atoms with Crippen molar-refractivity contribution in [2.45, 2.75) is 0 Å². The highest BCUT2D eigenvalue weighted by molar-refractivity contribution is 14.0. The smallest absolute Gasteiger partial charge is 0.193 e. The largest absolute Gasteiger partial charge is 0.355 e. The number of aliphatic imine (C=N–C) groups is 1. The highest BCUT2D eigenvalue weighted by atomic mass is 127. The van der Waals surface area contributed by atoms with Crippen LogP contribution in [0.5, 0.6) is 0 Å². The zero-order chi connectivity index (χ0) is 18.1. The van der Waals surface area contributed by atoms with Crippen LogP contribution in [-0.2, 0) is 9.84 Å². The third kappa shape index (κ3) is 8.50. The zero-order valence-corrected chi connectivity index (χ0v) is 18.6. The van der Waals surface area contributed by atoms with E-state index < -0.39 is 9.84 Å². The lowest BCUT2D eigenvalue weighted by molar-refractivity contribution is 0.194. The van der Waals surface area contributed by atoms with E-state index in [0.29, 0.717) is 6.54 Å². The van der Waals surface area contributed by atoms with Gasteiger partial charge < -0.3 is 10.2 Å². The molecular weight excluding hydrogens is 463 g/mol. The summed E-state index contributed by atoms with van der Waals surface area (Å²) in [6.45, 7) is 5.03. The summed E-state index contributed by atoms with van der Waals surface area (Å²) in [6.07, 6.45) is 5.60. The minimum atomic E-state index is -2.95. The molecule has 0 aromatic heterocycles. The number of piperazine rings is 1. The van der Waals surface area contributed by atoms with Crippen LogP contribution in [0.4, 0.5) is 0 Å². The normalized spacial score (nSPS) is 16.5. The molecule has 0 amide bonds. The fourth-order valence-electron chi connectivity index (χ4n) is 2.72. The van der Waals surface area contributed by atoms with Gasteiger partial charge in [0.05, 0.1) is 5.75 Å². The quantitative estimate of drug-likeness (QED) is 0.371. The molecule has 0 spiro atoms. The van der Waals surface area contributed by atoms with Gasteiger partial charge in [-0.1, -0.05) is 42.5 Å². The van der Waals surface area contributed by atoms with Crippen LogP contribution in [-0.4, -0.2) is 82.5 Å². The highest BCUT2D eigenvalue weighted by Crippen LogP contribution is 2.05. The first-order chi connectivity index (χ1) is 12.0. The molecule has 1 fully saturated rings. The molecule has 0 aliphatic carbocycles. The van der Waals surface area contributed by atoms with Gasteiger partial charge in [0.1, 0.15) is 9.84 Å². The molecular formula is C18H29IN4O2S. The van der Waals surface area contributed by atoms with Crippen molar-refractivity contribution in [2.24, 2.45) is 4.99 Å². The molecule has 0 bridgehead atoms. The van der Waals surface area contributed by atoms with Gasteiger partial charge in [-0.15, -0.1) is 24.0 Å². The summed E-state index contributed by atoms with van der Waals surface area (Å²) in [4.78, 5) is 8.85. The Hall–Kier alpha value is -1.13. The maximum absolute atomic E-state index is 11.2. The summed E-state index contributed by atoms with van der Waals surface area (Å²) in [7, 11) is -1.22. The van der Waals surface area contributed by atoms with Crippen LogP contribution in [0.3, 0.4) is 0 Å². The SMILES string of the molecule is CN=C(NCCS(C)(=O)=O)N1CCN(CC=Cc2ccccc2)CC1.I. The maximum atomic E-state index is 11.2. The second kappa shape index (κ2) is 11.6. The fraction of sp³-hybridized carbons (Fsp3) is 0.500. The van der Waals surface area contributed by atoms with E-state index in [1.165, 1.54) is 11.8 Å². The molecule has 8 heteroatoms. The Balaban J connectivity index is 0.00000338. The second-order valence-electron chi connectivity index (χ2n) is 6.20. The molecule has 1 aliphatic rings. The number of halogens is 1. The van der Waals surface area contributed by atoms with Gasteiger partial charge >= 0.3 is 0 Å². The van der Waals surface area contributed by atoms with Gasteiger partial charge in [0.25, 0.3) is 0 Å². The van der Waals surface area contributed by atoms with E-state index >= 15 is 0 Å².